The van der Waals surface area contributed by atoms with Crippen LogP contribution in [0.3, 0.4) is 0 Å². The molecule has 2 fully saturated rings. The number of amides is 1. The van der Waals surface area contributed by atoms with Crippen molar-refractivity contribution in [1.29, 1.82) is 0 Å². The number of thioether (sulfide) groups is 1. The van der Waals surface area contributed by atoms with E-state index in [-0.39, 0.29) is 11.9 Å². The van der Waals surface area contributed by atoms with Gasteiger partial charge in [-0.05, 0) is 24.1 Å². The van der Waals surface area contributed by atoms with Gasteiger partial charge in [-0.25, -0.2) is 0 Å². The van der Waals surface area contributed by atoms with Crippen LogP contribution >= 0.6 is 11.8 Å². The van der Waals surface area contributed by atoms with E-state index >= 15 is 0 Å². The van der Waals surface area contributed by atoms with Gasteiger partial charge >= 0.3 is 0 Å². The van der Waals surface area contributed by atoms with E-state index in [9.17, 15) is 4.79 Å². The van der Waals surface area contributed by atoms with Crippen LogP contribution in [0.1, 0.15) is 18.4 Å². The molecule has 2 N–H and O–H groups in total. The van der Waals surface area contributed by atoms with E-state index in [0.717, 1.165) is 61.2 Å². The Labute approximate surface area is 160 Å². The highest BCUT2D eigenvalue weighted by Gasteiger charge is 2.25. The molecule has 2 heterocycles. The summed E-state index contributed by atoms with van der Waals surface area (Å²) in [6, 6.07) is 6.53. The second-order valence-corrected chi connectivity index (χ2v) is 8.09. The van der Waals surface area contributed by atoms with Crippen LogP contribution in [0.2, 0.25) is 0 Å². The van der Waals surface area contributed by atoms with Gasteiger partial charge in [-0.1, -0.05) is 0 Å². The van der Waals surface area contributed by atoms with E-state index in [4.69, 9.17) is 9.47 Å². The summed E-state index contributed by atoms with van der Waals surface area (Å²) in [5.74, 6) is 3.95. The van der Waals surface area contributed by atoms with Crippen LogP contribution in [0, 0.1) is 0 Å². The Hall–Kier alpha value is -1.44. The Morgan fingerprint density at radius 1 is 1.31 bits per heavy atom. The van der Waals surface area contributed by atoms with Crippen molar-refractivity contribution >= 4 is 17.7 Å². The lowest BCUT2D eigenvalue weighted by molar-refractivity contribution is -0.122. The number of likely N-dealkylation sites (tertiary alicyclic amines) is 1. The number of hydrogen-bond donors (Lipinski definition) is 2. The van der Waals surface area contributed by atoms with Gasteiger partial charge in [0.2, 0.25) is 5.91 Å². The number of nitrogens with one attached hydrogen (secondary N) is 2. The highest BCUT2D eigenvalue weighted by Crippen LogP contribution is 2.24. The van der Waals surface area contributed by atoms with Gasteiger partial charge in [0, 0.05) is 62.3 Å². The maximum Gasteiger partial charge on any atom is 0.221 e. The van der Waals surface area contributed by atoms with Crippen molar-refractivity contribution < 1.29 is 14.3 Å². The molecule has 0 aliphatic carbocycles. The molecule has 2 unspecified atom stereocenters. The van der Waals surface area contributed by atoms with E-state index in [1.165, 1.54) is 0 Å². The molecule has 144 valence electrons. The second-order valence-electron chi connectivity index (χ2n) is 6.94. The zero-order valence-corrected chi connectivity index (χ0v) is 16.4. The van der Waals surface area contributed by atoms with E-state index in [2.05, 4.69) is 15.5 Å². The molecule has 1 aromatic carbocycles. The summed E-state index contributed by atoms with van der Waals surface area (Å²) in [7, 11) is 3.33. The molecule has 1 amide bonds. The van der Waals surface area contributed by atoms with Gasteiger partial charge < -0.3 is 20.1 Å². The average molecular weight is 380 g/mol. The summed E-state index contributed by atoms with van der Waals surface area (Å²) in [5.41, 5.74) is 1.16. The topological polar surface area (TPSA) is 62.8 Å². The van der Waals surface area contributed by atoms with Crippen LogP contribution in [-0.4, -0.2) is 68.3 Å². The summed E-state index contributed by atoms with van der Waals surface area (Å²) in [6.45, 7) is 3.71. The number of benzene rings is 1. The molecule has 0 radical (unpaired) electrons. The minimum atomic E-state index is 0.167. The number of carbonyl (C=O) groups excluding carboxylic acids is 1. The normalized spacial score (nSPS) is 23.6. The number of rotatable bonds is 7. The van der Waals surface area contributed by atoms with Crippen LogP contribution in [-0.2, 0) is 11.3 Å². The largest absolute Gasteiger partial charge is 0.497 e. The number of hydrogen-bond acceptors (Lipinski definition) is 6. The van der Waals surface area contributed by atoms with Crippen molar-refractivity contribution in [2.24, 2.45) is 0 Å². The SMILES string of the molecule is COc1cc(CN2CCC(NC(=O)CC3CSCCN3)C2)cc(OC)c1. The van der Waals surface area contributed by atoms with E-state index in [1.807, 2.05) is 30.0 Å². The van der Waals surface area contributed by atoms with Crippen LogP contribution < -0.4 is 20.1 Å². The lowest BCUT2D eigenvalue weighted by Gasteiger charge is -2.23. The molecule has 7 heteroatoms. The van der Waals surface area contributed by atoms with E-state index in [1.54, 1.807) is 14.2 Å². The van der Waals surface area contributed by atoms with Crippen molar-refractivity contribution in [2.75, 3.05) is 45.4 Å². The van der Waals surface area contributed by atoms with E-state index in [0.29, 0.717) is 12.5 Å². The molecule has 1 aromatic rings. The first kappa shape index (κ1) is 19.3. The molecule has 0 aromatic heterocycles. The smallest absolute Gasteiger partial charge is 0.221 e. The minimum absolute atomic E-state index is 0.167. The van der Waals surface area contributed by atoms with Crippen molar-refractivity contribution in [3.63, 3.8) is 0 Å². The molecule has 0 bridgehead atoms. The molecule has 3 rings (SSSR count). The Bertz CT molecular complexity index is 585. The Morgan fingerprint density at radius 2 is 2.08 bits per heavy atom. The summed E-state index contributed by atoms with van der Waals surface area (Å²) in [5, 5.41) is 6.63. The molecule has 2 atom stereocenters. The number of carbonyl (C=O) groups is 1. The third-order valence-electron chi connectivity index (χ3n) is 4.89. The zero-order valence-electron chi connectivity index (χ0n) is 15.6. The molecule has 0 spiro atoms. The van der Waals surface area contributed by atoms with Gasteiger partial charge in [0.15, 0.2) is 0 Å². The van der Waals surface area contributed by atoms with Gasteiger partial charge in [-0.2, -0.15) is 11.8 Å². The minimum Gasteiger partial charge on any atom is -0.497 e. The van der Waals surface area contributed by atoms with Gasteiger partial charge in [0.25, 0.3) is 0 Å². The van der Waals surface area contributed by atoms with Crippen LogP contribution in [0.5, 0.6) is 11.5 Å². The van der Waals surface area contributed by atoms with Gasteiger partial charge in [-0.3, -0.25) is 9.69 Å². The lowest BCUT2D eigenvalue weighted by Crippen LogP contribution is -2.44. The summed E-state index contributed by atoms with van der Waals surface area (Å²) in [6.07, 6.45) is 1.58. The van der Waals surface area contributed by atoms with Gasteiger partial charge in [-0.15, -0.1) is 0 Å². The predicted molar refractivity (Wildman–Crippen MR) is 105 cm³/mol. The fraction of sp³-hybridized carbons (Fsp3) is 0.632. The molecule has 2 aliphatic heterocycles. The summed E-state index contributed by atoms with van der Waals surface area (Å²) >= 11 is 1.92. The fourth-order valence-electron chi connectivity index (χ4n) is 3.57. The lowest BCUT2D eigenvalue weighted by atomic mass is 10.2. The number of ether oxygens (including phenoxy) is 2. The monoisotopic (exact) mass is 379 g/mol. The van der Waals surface area contributed by atoms with Crippen LogP contribution in [0.4, 0.5) is 0 Å². The Kier molecular flexibility index (Phi) is 7.05. The van der Waals surface area contributed by atoms with Crippen molar-refractivity contribution in [3.8, 4) is 11.5 Å². The molecule has 0 saturated carbocycles. The van der Waals surface area contributed by atoms with Gasteiger partial charge in [0.1, 0.15) is 11.5 Å². The fourth-order valence-corrected chi connectivity index (χ4v) is 4.52. The maximum absolute atomic E-state index is 12.3. The van der Waals surface area contributed by atoms with Crippen molar-refractivity contribution in [1.82, 2.24) is 15.5 Å². The van der Waals surface area contributed by atoms with E-state index < -0.39 is 0 Å². The molecular weight excluding hydrogens is 350 g/mol. The average Bonchev–Trinajstić information content (AvgIpc) is 3.08. The predicted octanol–water partition coefficient (Wildman–Crippen LogP) is 1.49. The standard InChI is InChI=1S/C19H29N3O3S/c1-24-17-7-14(8-18(10-17)25-2)11-22-5-3-15(12-22)21-19(23)9-16-13-26-6-4-20-16/h7-8,10,15-16,20H,3-6,9,11-13H2,1-2H3,(H,21,23). The molecule has 2 aliphatic rings. The number of methoxy groups -OCH3 is 2. The summed E-state index contributed by atoms with van der Waals surface area (Å²) < 4.78 is 10.7. The molecular formula is C19H29N3O3S. The quantitative estimate of drug-likeness (QED) is 0.749. The maximum atomic E-state index is 12.3. The highest BCUT2D eigenvalue weighted by molar-refractivity contribution is 7.99. The summed E-state index contributed by atoms with van der Waals surface area (Å²) in [4.78, 5) is 14.7. The van der Waals surface area contributed by atoms with Crippen LogP contribution in [0.15, 0.2) is 18.2 Å². The molecule has 26 heavy (non-hydrogen) atoms. The molecule has 2 saturated heterocycles. The molecule has 6 nitrogen and oxygen atoms in total. The van der Waals surface area contributed by atoms with Crippen LogP contribution in [0.25, 0.3) is 0 Å². The third-order valence-corrected chi connectivity index (χ3v) is 6.02. The zero-order chi connectivity index (χ0) is 18.4. The first-order chi connectivity index (χ1) is 12.7. The van der Waals surface area contributed by atoms with Crippen molar-refractivity contribution in [3.05, 3.63) is 23.8 Å². The third kappa shape index (κ3) is 5.53. The second kappa shape index (κ2) is 9.48. The Balaban J connectivity index is 1.47. The number of nitrogens with zero attached hydrogens (tertiary/aromatic N) is 1. The highest BCUT2D eigenvalue weighted by atomic mass is 32.2. The van der Waals surface area contributed by atoms with Gasteiger partial charge in [0.05, 0.1) is 14.2 Å². The first-order valence-electron chi connectivity index (χ1n) is 9.21. The van der Waals surface area contributed by atoms with Crippen molar-refractivity contribution in [2.45, 2.75) is 31.5 Å². The Morgan fingerprint density at radius 3 is 2.73 bits per heavy atom. The first-order valence-corrected chi connectivity index (χ1v) is 10.4.